The Bertz CT molecular complexity index is 3510. The van der Waals surface area contributed by atoms with Gasteiger partial charge in [0.15, 0.2) is 0 Å². The van der Waals surface area contributed by atoms with Gasteiger partial charge >= 0.3 is 11.9 Å². The highest BCUT2D eigenvalue weighted by Gasteiger charge is 2.33. The van der Waals surface area contributed by atoms with Gasteiger partial charge in [-0.05, 0) is 150 Å². The van der Waals surface area contributed by atoms with E-state index in [4.69, 9.17) is 14.2 Å². The minimum Gasteiger partial charge on any atom is -0.480 e. The van der Waals surface area contributed by atoms with E-state index < -0.39 is 23.4 Å². The molecule has 0 fully saturated rings. The summed E-state index contributed by atoms with van der Waals surface area (Å²) in [6.45, 7) is 14.1. The summed E-state index contributed by atoms with van der Waals surface area (Å²) in [6, 6.07) is 43.6. The van der Waals surface area contributed by atoms with Crippen LogP contribution in [-0.4, -0.2) is 51.6 Å². The highest BCUT2D eigenvalue weighted by molar-refractivity contribution is 5.88. The first-order chi connectivity index (χ1) is 32.6. The van der Waals surface area contributed by atoms with Gasteiger partial charge in [-0.2, -0.15) is 9.97 Å². The fraction of sp³-hybridized carbons (Fsp3) is 0.179. The first kappa shape index (κ1) is 44.8. The lowest BCUT2D eigenvalue weighted by molar-refractivity contribution is -0.144. The Morgan fingerprint density at radius 3 is 1.47 bits per heavy atom. The number of aliphatic carboxylic acids is 2. The Hall–Kier alpha value is -8.38. The van der Waals surface area contributed by atoms with Crippen LogP contribution in [0, 0.1) is 33.1 Å². The van der Waals surface area contributed by atoms with Gasteiger partial charge in [-0.3, -0.25) is 4.79 Å². The van der Waals surface area contributed by atoms with Crippen LogP contribution in [0.15, 0.2) is 155 Å². The molecule has 10 rings (SSSR count). The van der Waals surface area contributed by atoms with Crippen molar-refractivity contribution < 1.29 is 28.8 Å². The summed E-state index contributed by atoms with van der Waals surface area (Å²) >= 11 is 0. The Labute approximate surface area is 393 Å². The van der Waals surface area contributed by atoms with Gasteiger partial charge in [-0.1, -0.05) is 91.7 Å². The van der Waals surface area contributed by atoms with Crippen molar-refractivity contribution in [3.63, 3.8) is 0 Å². The van der Waals surface area contributed by atoms with Crippen LogP contribution in [0.3, 0.4) is 0 Å². The maximum absolute atomic E-state index is 12.0. The largest absolute Gasteiger partial charge is 0.480 e. The summed E-state index contributed by atoms with van der Waals surface area (Å²) in [5, 5.41) is 29.1. The van der Waals surface area contributed by atoms with Crippen molar-refractivity contribution in [2.45, 2.75) is 61.1 Å². The predicted molar refractivity (Wildman–Crippen MR) is 265 cm³/mol. The monoisotopic (exact) mass is 902 g/mol. The summed E-state index contributed by atoms with van der Waals surface area (Å²) in [4.78, 5) is 32.3. The number of hydrogen-bond acceptors (Lipinski definition) is 8. The van der Waals surface area contributed by atoms with Crippen LogP contribution in [0.4, 0.5) is 0 Å². The highest BCUT2D eigenvalue weighted by Crippen LogP contribution is 2.37. The van der Waals surface area contributed by atoms with Gasteiger partial charge in [0.05, 0.1) is 0 Å². The molecule has 340 valence electrons. The second-order valence-electron chi connectivity index (χ2n) is 18.2. The number of benzene rings is 6. The van der Waals surface area contributed by atoms with Crippen molar-refractivity contribution in [3.8, 4) is 67.9 Å². The standard InChI is InChI=1S/C30H29N3O3.C26H21N3O3/c1-18-8-6-7-9-23(18)24-12-10-22(16-19(24)2)28-31-27(32-36-28)21-11-13-25-20(17-21)14-15-33(25)26(29(34)35)30(3,4)5;1-16-5-3-4-6-21(16)22-9-7-20(13-17(22)2)26-27-25(28-32-26)19-8-10-23-18(14-19)11-12-29(23)15-24(30)31/h6-17,26H,1-5H3,(H,34,35);3-14H,15H2,1-2H3,(H,30,31). The van der Waals surface area contributed by atoms with E-state index in [2.05, 4.69) is 103 Å². The van der Waals surface area contributed by atoms with Gasteiger partial charge in [0.2, 0.25) is 11.6 Å². The summed E-state index contributed by atoms with van der Waals surface area (Å²) in [5.74, 6) is 0.178. The second-order valence-corrected chi connectivity index (χ2v) is 18.2. The summed E-state index contributed by atoms with van der Waals surface area (Å²) < 4.78 is 14.7. The average Bonchev–Trinajstić information content (AvgIpc) is 4.14. The molecule has 0 aliphatic rings. The fourth-order valence-electron chi connectivity index (χ4n) is 8.92. The lowest BCUT2D eigenvalue weighted by atomic mass is 9.86. The van der Waals surface area contributed by atoms with Gasteiger partial charge in [-0.15, -0.1) is 0 Å². The molecule has 12 nitrogen and oxygen atoms in total. The van der Waals surface area contributed by atoms with Crippen molar-refractivity contribution in [2.75, 3.05) is 0 Å². The Morgan fingerprint density at radius 2 is 1.00 bits per heavy atom. The van der Waals surface area contributed by atoms with E-state index in [0.29, 0.717) is 23.4 Å². The number of nitrogens with zero attached hydrogens (tertiary/aromatic N) is 6. The molecule has 1 atom stereocenters. The smallest absolute Gasteiger partial charge is 0.327 e. The average molecular weight is 903 g/mol. The third-order valence-electron chi connectivity index (χ3n) is 12.3. The molecule has 0 saturated carbocycles. The van der Waals surface area contributed by atoms with E-state index in [-0.39, 0.29) is 6.54 Å². The maximum atomic E-state index is 12.0. The number of carboxylic acids is 2. The molecule has 0 spiro atoms. The van der Waals surface area contributed by atoms with Crippen molar-refractivity contribution >= 4 is 33.7 Å². The zero-order valence-electron chi connectivity index (χ0n) is 38.9. The number of aryl methyl sites for hydroxylation is 4. The summed E-state index contributed by atoms with van der Waals surface area (Å²) in [5.41, 5.74) is 14.2. The number of aromatic nitrogens is 6. The third kappa shape index (κ3) is 8.96. The van der Waals surface area contributed by atoms with Gasteiger partial charge in [0, 0.05) is 56.5 Å². The molecule has 0 saturated heterocycles. The van der Waals surface area contributed by atoms with Crippen molar-refractivity contribution in [2.24, 2.45) is 5.41 Å². The lowest BCUT2D eigenvalue weighted by Gasteiger charge is -2.29. The zero-order valence-corrected chi connectivity index (χ0v) is 38.9. The SMILES string of the molecule is Cc1ccccc1-c1ccc(-c2nc(-c3ccc4c(ccn4C(C(=O)O)C(C)(C)C)c3)no2)cc1C.Cc1ccccc1-c1ccc(-c2nc(-c3ccc4c(ccn4CC(=O)O)c3)no2)cc1C. The normalized spacial score (nSPS) is 12.0. The number of carboxylic acid groups (broad SMARTS) is 2. The van der Waals surface area contributed by atoms with Crippen LogP contribution in [-0.2, 0) is 16.1 Å². The number of hydrogen-bond donors (Lipinski definition) is 2. The van der Waals surface area contributed by atoms with E-state index in [1.807, 2.05) is 110 Å². The van der Waals surface area contributed by atoms with E-state index >= 15 is 0 Å². The summed E-state index contributed by atoms with van der Waals surface area (Å²) in [6.07, 6.45) is 3.60. The molecular formula is C56H50N6O6. The van der Waals surface area contributed by atoms with Crippen LogP contribution < -0.4 is 0 Å². The molecular weight excluding hydrogens is 853 g/mol. The minimum absolute atomic E-state index is 0.0763. The molecule has 0 bridgehead atoms. The third-order valence-corrected chi connectivity index (χ3v) is 12.3. The Kier molecular flexibility index (Phi) is 11.9. The first-order valence-corrected chi connectivity index (χ1v) is 22.3. The Balaban J connectivity index is 0.000000171. The molecule has 1 unspecified atom stereocenters. The van der Waals surface area contributed by atoms with Crippen LogP contribution >= 0.6 is 0 Å². The topological polar surface area (TPSA) is 162 Å². The molecule has 0 aliphatic carbocycles. The fourth-order valence-corrected chi connectivity index (χ4v) is 8.92. The molecule has 2 N–H and O–H groups in total. The van der Waals surface area contributed by atoms with Crippen molar-refractivity contribution in [1.82, 2.24) is 29.4 Å². The van der Waals surface area contributed by atoms with Crippen molar-refractivity contribution in [1.29, 1.82) is 0 Å². The highest BCUT2D eigenvalue weighted by atomic mass is 16.5. The summed E-state index contributed by atoms with van der Waals surface area (Å²) in [7, 11) is 0. The molecule has 0 amide bonds. The molecule has 12 heteroatoms. The first-order valence-electron chi connectivity index (χ1n) is 22.3. The number of fused-ring (bicyclic) bond motifs is 2. The van der Waals surface area contributed by atoms with Gasteiger partial charge in [0.25, 0.3) is 11.8 Å². The maximum Gasteiger partial charge on any atom is 0.327 e. The molecule has 68 heavy (non-hydrogen) atoms. The van der Waals surface area contributed by atoms with Crippen LogP contribution in [0.2, 0.25) is 0 Å². The molecule has 0 radical (unpaired) electrons. The molecule has 4 aromatic heterocycles. The van der Waals surface area contributed by atoms with Crippen molar-refractivity contribution in [3.05, 3.63) is 168 Å². The molecule has 4 heterocycles. The Morgan fingerprint density at radius 1 is 0.544 bits per heavy atom. The minimum atomic E-state index is -0.877. The quantitative estimate of drug-likeness (QED) is 0.135. The van der Waals surface area contributed by atoms with E-state index in [1.54, 1.807) is 10.8 Å². The van der Waals surface area contributed by atoms with E-state index in [0.717, 1.165) is 55.2 Å². The van der Waals surface area contributed by atoms with Gasteiger partial charge in [0.1, 0.15) is 12.6 Å². The molecule has 6 aromatic carbocycles. The molecule has 0 aliphatic heterocycles. The second kappa shape index (κ2) is 18.1. The van der Waals surface area contributed by atoms with Gasteiger partial charge in [-0.25, -0.2) is 4.79 Å². The number of rotatable bonds is 10. The lowest BCUT2D eigenvalue weighted by Crippen LogP contribution is -2.31. The van der Waals surface area contributed by atoms with E-state index in [9.17, 15) is 14.7 Å². The molecule has 10 aromatic rings. The van der Waals surface area contributed by atoms with Crippen LogP contribution in [0.5, 0.6) is 0 Å². The predicted octanol–water partition coefficient (Wildman–Crippen LogP) is 13.0. The van der Waals surface area contributed by atoms with Gasteiger partial charge < -0.3 is 28.4 Å². The van der Waals surface area contributed by atoms with Crippen LogP contribution in [0.1, 0.15) is 49.1 Å². The zero-order chi connectivity index (χ0) is 47.9. The van der Waals surface area contributed by atoms with Crippen LogP contribution in [0.25, 0.3) is 89.7 Å². The number of carbonyl (C=O) groups is 2. The van der Waals surface area contributed by atoms with E-state index in [1.165, 1.54) is 33.4 Å².